The van der Waals surface area contributed by atoms with E-state index in [9.17, 15) is 4.79 Å². The molecular weight excluding hydrogens is 118 g/mol. The minimum absolute atomic E-state index is 0.0819. The number of hydrogen-bond acceptors (Lipinski definition) is 2. The molecule has 52 valence electrons. The first-order chi connectivity index (χ1) is 4.31. The fraction of sp³-hybridized carbons (Fsp3) is 0.600. The topological polar surface area (TPSA) is 53.5 Å². The van der Waals surface area contributed by atoms with E-state index < -0.39 is 0 Å². The molecule has 0 aromatic rings. The molecule has 1 amide bonds. The largest absolute Gasteiger partial charge is 0.378 e. The summed E-state index contributed by atoms with van der Waals surface area (Å²) in [6, 6.07) is 0. The lowest BCUT2D eigenvalue weighted by molar-refractivity contribution is -0.120. The van der Waals surface area contributed by atoms with Crippen molar-refractivity contribution in [2.24, 2.45) is 5.10 Å². The van der Waals surface area contributed by atoms with E-state index in [0.717, 1.165) is 0 Å². The molecule has 0 rings (SSSR count). The minimum atomic E-state index is -0.0819. The van der Waals surface area contributed by atoms with Gasteiger partial charge in [-0.1, -0.05) is 6.92 Å². The highest BCUT2D eigenvalue weighted by atomic mass is 16.2. The van der Waals surface area contributed by atoms with Gasteiger partial charge in [0.05, 0.1) is 0 Å². The Labute approximate surface area is 54.3 Å². The highest BCUT2D eigenvalue weighted by Crippen LogP contribution is 1.71. The molecule has 9 heavy (non-hydrogen) atoms. The van der Waals surface area contributed by atoms with Crippen LogP contribution in [0.3, 0.4) is 0 Å². The zero-order valence-electron chi connectivity index (χ0n) is 5.64. The first kappa shape index (κ1) is 7.94. The third-order valence-corrected chi connectivity index (χ3v) is 0.704. The molecule has 0 fully saturated rings. The van der Waals surface area contributed by atoms with E-state index in [4.69, 9.17) is 0 Å². The molecule has 4 heteroatoms. The normalized spacial score (nSPS) is 9.56. The van der Waals surface area contributed by atoms with E-state index in [1.165, 1.54) is 6.34 Å². The highest BCUT2D eigenvalue weighted by molar-refractivity contribution is 5.76. The van der Waals surface area contributed by atoms with Gasteiger partial charge in [0, 0.05) is 13.5 Å². The number of carbonyl (C=O) groups excluding carboxylic acids is 1. The maximum Gasteiger partial charge on any atom is 0.239 e. The lowest BCUT2D eigenvalue weighted by Gasteiger charge is -1.91. The quantitative estimate of drug-likeness (QED) is 0.311. The molecule has 0 spiro atoms. The summed E-state index contributed by atoms with van der Waals surface area (Å²) in [6.07, 6.45) is 1.87. The van der Waals surface area contributed by atoms with Gasteiger partial charge in [-0.25, -0.2) is 5.43 Å². The molecule has 0 atom stereocenters. The monoisotopic (exact) mass is 129 g/mol. The van der Waals surface area contributed by atoms with Gasteiger partial charge in [0.1, 0.15) is 6.34 Å². The van der Waals surface area contributed by atoms with Crippen LogP contribution in [0.2, 0.25) is 0 Å². The number of rotatable bonds is 3. The second kappa shape index (κ2) is 5.08. The van der Waals surface area contributed by atoms with Gasteiger partial charge in [-0.05, 0) is 0 Å². The van der Waals surface area contributed by atoms with Crippen LogP contribution >= 0.6 is 0 Å². The first-order valence-electron chi connectivity index (χ1n) is 2.79. The van der Waals surface area contributed by atoms with E-state index in [2.05, 4.69) is 15.8 Å². The average molecular weight is 129 g/mol. The van der Waals surface area contributed by atoms with Crippen LogP contribution in [0.25, 0.3) is 0 Å². The zero-order valence-corrected chi connectivity index (χ0v) is 5.64. The van der Waals surface area contributed by atoms with Crippen LogP contribution in [-0.4, -0.2) is 19.3 Å². The van der Waals surface area contributed by atoms with Crippen molar-refractivity contribution in [3.05, 3.63) is 0 Å². The van der Waals surface area contributed by atoms with Crippen molar-refractivity contribution in [3.8, 4) is 0 Å². The van der Waals surface area contributed by atoms with Gasteiger partial charge in [-0.15, -0.1) is 0 Å². The van der Waals surface area contributed by atoms with E-state index in [0.29, 0.717) is 6.42 Å². The maximum atomic E-state index is 10.4. The fourth-order valence-electron chi connectivity index (χ4n) is 0.248. The minimum Gasteiger partial charge on any atom is -0.378 e. The van der Waals surface area contributed by atoms with Crippen LogP contribution < -0.4 is 10.7 Å². The lowest BCUT2D eigenvalue weighted by atomic mass is 10.5. The number of hydrazone groups is 1. The Bertz CT molecular complexity index is 111. The van der Waals surface area contributed by atoms with Gasteiger partial charge in [-0.3, -0.25) is 4.79 Å². The molecule has 0 aliphatic heterocycles. The highest BCUT2D eigenvalue weighted by Gasteiger charge is 1.88. The molecule has 0 aliphatic rings. The molecule has 0 saturated heterocycles. The van der Waals surface area contributed by atoms with E-state index in [1.54, 1.807) is 14.0 Å². The molecule has 0 bridgehead atoms. The average Bonchev–Trinajstić information content (AvgIpc) is 1.89. The second-order valence-electron chi connectivity index (χ2n) is 1.44. The van der Waals surface area contributed by atoms with Gasteiger partial charge in [0.2, 0.25) is 5.91 Å². The molecule has 0 saturated carbocycles. The molecule has 0 unspecified atom stereocenters. The zero-order chi connectivity index (χ0) is 7.11. The lowest BCUT2D eigenvalue weighted by Crippen LogP contribution is -2.17. The van der Waals surface area contributed by atoms with Crippen LogP contribution in [0.15, 0.2) is 5.10 Å². The Morgan fingerprint density at radius 3 is 2.89 bits per heavy atom. The SMILES string of the molecule is CCC(=O)N/N=C\NC. The molecule has 0 aromatic carbocycles. The summed E-state index contributed by atoms with van der Waals surface area (Å²) in [5.74, 6) is -0.0819. The van der Waals surface area contributed by atoms with E-state index in [-0.39, 0.29) is 5.91 Å². The van der Waals surface area contributed by atoms with Crippen molar-refractivity contribution in [2.75, 3.05) is 7.05 Å². The summed E-state index contributed by atoms with van der Waals surface area (Å²) in [5, 5.41) is 6.17. The molecule has 2 N–H and O–H groups in total. The van der Waals surface area contributed by atoms with Crippen LogP contribution in [0.4, 0.5) is 0 Å². The molecule has 0 heterocycles. The fourth-order valence-corrected chi connectivity index (χ4v) is 0.248. The van der Waals surface area contributed by atoms with Crippen LogP contribution in [-0.2, 0) is 4.79 Å². The van der Waals surface area contributed by atoms with Crippen molar-refractivity contribution < 1.29 is 4.79 Å². The summed E-state index contributed by atoms with van der Waals surface area (Å²) < 4.78 is 0. The number of nitrogens with zero attached hydrogens (tertiary/aromatic N) is 1. The number of amides is 1. The molecule has 0 aliphatic carbocycles. The van der Waals surface area contributed by atoms with Gasteiger partial charge in [0.25, 0.3) is 0 Å². The first-order valence-corrected chi connectivity index (χ1v) is 2.79. The second-order valence-corrected chi connectivity index (χ2v) is 1.44. The Morgan fingerprint density at radius 1 is 1.78 bits per heavy atom. The van der Waals surface area contributed by atoms with E-state index in [1.807, 2.05) is 0 Å². The predicted molar refractivity (Wildman–Crippen MR) is 36.0 cm³/mol. The number of hydrogen-bond donors (Lipinski definition) is 2. The molecule has 0 aromatic heterocycles. The summed E-state index contributed by atoms with van der Waals surface area (Å²) in [7, 11) is 1.71. The summed E-state index contributed by atoms with van der Waals surface area (Å²) in [5.41, 5.74) is 2.30. The third kappa shape index (κ3) is 4.80. The van der Waals surface area contributed by atoms with Gasteiger partial charge in [-0.2, -0.15) is 5.10 Å². The summed E-state index contributed by atoms with van der Waals surface area (Å²) in [4.78, 5) is 10.4. The third-order valence-electron chi connectivity index (χ3n) is 0.704. The molecular formula is C5H11N3O. The van der Waals surface area contributed by atoms with Gasteiger partial charge >= 0.3 is 0 Å². The van der Waals surface area contributed by atoms with Crippen LogP contribution in [0.5, 0.6) is 0 Å². The Kier molecular flexibility index (Phi) is 4.49. The Balaban J connectivity index is 3.26. The summed E-state index contributed by atoms with van der Waals surface area (Å²) in [6.45, 7) is 1.77. The van der Waals surface area contributed by atoms with E-state index >= 15 is 0 Å². The predicted octanol–water partition coefficient (Wildman–Crippen LogP) is -0.325. The molecule has 0 radical (unpaired) electrons. The maximum absolute atomic E-state index is 10.4. The Morgan fingerprint density at radius 2 is 2.44 bits per heavy atom. The van der Waals surface area contributed by atoms with Crippen molar-refractivity contribution in [2.45, 2.75) is 13.3 Å². The van der Waals surface area contributed by atoms with Crippen molar-refractivity contribution in [3.63, 3.8) is 0 Å². The van der Waals surface area contributed by atoms with Crippen LogP contribution in [0, 0.1) is 0 Å². The van der Waals surface area contributed by atoms with Crippen molar-refractivity contribution in [1.82, 2.24) is 10.7 Å². The van der Waals surface area contributed by atoms with Gasteiger partial charge < -0.3 is 5.32 Å². The Hall–Kier alpha value is -1.06. The number of nitrogens with one attached hydrogen (secondary N) is 2. The summed E-state index contributed by atoms with van der Waals surface area (Å²) >= 11 is 0. The van der Waals surface area contributed by atoms with Crippen molar-refractivity contribution >= 4 is 12.2 Å². The molecule has 4 nitrogen and oxygen atoms in total. The van der Waals surface area contributed by atoms with Crippen molar-refractivity contribution in [1.29, 1.82) is 0 Å². The van der Waals surface area contributed by atoms with Crippen LogP contribution in [0.1, 0.15) is 13.3 Å². The standard InChI is InChI=1S/C5H11N3O/c1-3-5(9)8-7-4-6-2/h4H,3H2,1-2H3,(H,6,7)(H,8,9). The number of carbonyl (C=O) groups is 1. The van der Waals surface area contributed by atoms with Gasteiger partial charge in [0.15, 0.2) is 0 Å². The smallest absolute Gasteiger partial charge is 0.239 e.